The molecule has 0 radical (unpaired) electrons. The Labute approximate surface area is 86.6 Å². The number of nitrogens with one attached hydrogen (secondary N) is 1. The van der Waals surface area contributed by atoms with Gasteiger partial charge in [-0.2, -0.15) is 0 Å². The minimum absolute atomic E-state index is 0.189. The van der Waals surface area contributed by atoms with Crippen LogP contribution in [0.1, 0.15) is 29.1 Å². The van der Waals surface area contributed by atoms with E-state index < -0.39 is 0 Å². The summed E-state index contributed by atoms with van der Waals surface area (Å²) in [6, 6.07) is 1.61. The van der Waals surface area contributed by atoms with Gasteiger partial charge in [0.25, 0.3) is 5.91 Å². The van der Waals surface area contributed by atoms with Gasteiger partial charge in [-0.1, -0.05) is 5.16 Å². The van der Waals surface area contributed by atoms with Crippen LogP contribution < -0.4 is 5.32 Å². The van der Waals surface area contributed by atoms with Crippen molar-refractivity contribution in [2.24, 2.45) is 0 Å². The van der Waals surface area contributed by atoms with Gasteiger partial charge in [-0.3, -0.25) is 4.79 Å². The Morgan fingerprint density at radius 3 is 2.93 bits per heavy atom. The van der Waals surface area contributed by atoms with Crippen LogP contribution in [0.15, 0.2) is 10.6 Å². The largest absolute Gasteiger partial charge is 0.361 e. The highest BCUT2D eigenvalue weighted by atomic mass is 35.5. The molecule has 14 heavy (non-hydrogen) atoms. The summed E-state index contributed by atoms with van der Waals surface area (Å²) in [5.74, 6) is 0.876. The fraction of sp³-hybridized carbons (Fsp3) is 0.556. The van der Waals surface area contributed by atoms with Crippen molar-refractivity contribution in [3.63, 3.8) is 0 Å². The third kappa shape index (κ3) is 1.75. The van der Waals surface area contributed by atoms with Crippen molar-refractivity contribution >= 4 is 17.5 Å². The summed E-state index contributed by atoms with van der Waals surface area (Å²) in [7, 11) is 0. The van der Waals surface area contributed by atoms with Gasteiger partial charge in [0, 0.05) is 11.9 Å². The molecule has 0 spiro atoms. The standard InChI is InChI=1S/C9H11ClN2O2/c1-6-4-7(12-14-6)8(13)11-9(5-10)2-3-9/h4H,2-3,5H2,1H3,(H,11,13). The predicted octanol–water partition coefficient (Wildman–Crippen LogP) is 1.48. The fourth-order valence-electron chi connectivity index (χ4n) is 1.22. The average Bonchev–Trinajstić information content (AvgIpc) is 2.80. The second-order valence-electron chi connectivity index (χ2n) is 3.69. The summed E-state index contributed by atoms with van der Waals surface area (Å²) >= 11 is 5.73. The van der Waals surface area contributed by atoms with E-state index in [2.05, 4.69) is 10.5 Å². The van der Waals surface area contributed by atoms with Crippen LogP contribution in [0.3, 0.4) is 0 Å². The van der Waals surface area contributed by atoms with Crippen LogP contribution in [0.2, 0.25) is 0 Å². The molecule has 1 heterocycles. The Morgan fingerprint density at radius 1 is 1.79 bits per heavy atom. The van der Waals surface area contributed by atoms with Crippen molar-refractivity contribution in [3.8, 4) is 0 Å². The first kappa shape index (κ1) is 9.52. The second-order valence-corrected chi connectivity index (χ2v) is 3.96. The Kier molecular flexibility index (Phi) is 2.23. The zero-order valence-electron chi connectivity index (χ0n) is 7.84. The number of hydrogen-bond donors (Lipinski definition) is 1. The van der Waals surface area contributed by atoms with Crippen molar-refractivity contribution < 1.29 is 9.32 Å². The quantitative estimate of drug-likeness (QED) is 0.776. The van der Waals surface area contributed by atoms with E-state index in [0.717, 1.165) is 12.8 Å². The zero-order valence-corrected chi connectivity index (χ0v) is 8.60. The third-order valence-electron chi connectivity index (χ3n) is 2.35. The lowest BCUT2D eigenvalue weighted by molar-refractivity contribution is 0.0927. The molecule has 1 N–H and O–H groups in total. The monoisotopic (exact) mass is 214 g/mol. The molecule has 0 aromatic carbocycles. The molecule has 1 aromatic heterocycles. The lowest BCUT2D eigenvalue weighted by Crippen LogP contribution is -2.38. The molecule has 0 unspecified atom stereocenters. The number of halogens is 1. The van der Waals surface area contributed by atoms with E-state index in [4.69, 9.17) is 16.1 Å². The van der Waals surface area contributed by atoms with Gasteiger partial charge in [0.05, 0.1) is 5.54 Å². The molecular weight excluding hydrogens is 204 g/mol. The number of aryl methyl sites for hydroxylation is 1. The third-order valence-corrected chi connectivity index (χ3v) is 2.86. The first-order valence-corrected chi connectivity index (χ1v) is 5.00. The van der Waals surface area contributed by atoms with Gasteiger partial charge in [-0.25, -0.2) is 0 Å². The van der Waals surface area contributed by atoms with E-state index in [1.807, 2.05) is 0 Å². The Bertz CT molecular complexity index is 357. The van der Waals surface area contributed by atoms with Crippen LogP contribution >= 0.6 is 11.6 Å². The molecule has 0 saturated heterocycles. The number of nitrogens with zero attached hydrogens (tertiary/aromatic N) is 1. The van der Waals surface area contributed by atoms with E-state index in [0.29, 0.717) is 17.3 Å². The number of carbonyl (C=O) groups is 1. The van der Waals surface area contributed by atoms with Crippen LogP contribution in [0.4, 0.5) is 0 Å². The second kappa shape index (κ2) is 3.28. The normalized spacial score (nSPS) is 17.9. The van der Waals surface area contributed by atoms with Crippen LogP contribution in [-0.4, -0.2) is 22.5 Å². The Morgan fingerprint density at radius 2 is 2.50 bits per heavy atom. The first-order chi connectivity index (χ1) is 6.65. The smallest absolute Gasteiger partial charge is 0.273 e. The van der Waals surface area contributed by atoms with Crippen LogP contribution in [-0.2, 0) is 0 Å². The topological polar surface area (TPSA) is 55.1 Å². The van der Waals surface area contributed by atoms with E-state index in [9.17, 15) is 4.79 Å². The molecule has 1 saturated carbocycles. The van der Waals surface area contributed by atoms with Gasteiger partial charge in [-0.05, 0) is 19.8 Å². The SMILES string of the molecule is Cc1cc(C(=O)NC2(CCl)CC2)no1. The van der Waals surface area contributed by atoms with Crippen molar-refractivity contribution in [2.75, 3.05) is 5.88 Å². The van der Waals surface area contributed by atoms with Crippen molar-refractivity contribution in [2.45, 2.75) is 25.3 Å². The highest BCUT2D eigenvalue weighted by Crippen LogP contribution is 2.36. The van der Waals surface area contributed by atoms with Crippen LogP contribution in [0, 0.1) is 6.92 Å². The highest BCUT2D eigenvalue weighted by Gasteiger charge is 2.43. The maximum atomic E-state index is 11.6. The number of alkyl halides is 1. The Hall–Kier alpha value is -1.03. The predicted molar refractivity (Wildman–Crippen MR) is 51.4 cm³/mol. The van der Waals surface area contributed by atoms with Gasteiger partial charge in [0.1, 0.15) is 5.76 Å². The lowest BCUT2D eigenvalue weighted by atomic mass is 10.3. The average molecular weight is 215 g/mol. The fourth-order valence-corrected chi connectivity index (χ4v) is 1.56. The van der Waals surface area contributed by atoms with Gasteiger partial charge in [0.15, 0.2) is 5.69 Å². The minimum atomic E-state index is -0.208. The van der Waals surface area contributed by atoms with Crippen LogP contribution in [0.25, 0.3) is 0 Å². The van der Waals surface area contributed by atoms with Gasteiger partial charge in [-0.15, -0.1) is 11.6 Å². The summed E-state index contributed by atoms with van der Waals surface area (Å²) in [6.45, 7) is 1.75. The van der Waals surface area contributed by atoms with Gasteiger partial charge >= 0.3 is 0 Å². The van der Waals surface area contributed by atoms with Crippen molar-refractivity contribution in [3.05, 3.63) is 17.5 Å². The molecule has 2 rings (SSSR count). The summed E-state index contributed by atoms with van der Waals surface area (Å²) < 4.78 is 4.81. The molecule has 0 bridgehead atoms. The summed E-state index contributed by atoms with van der Waals surface area (Å²) in [5, 5.41) is 6.49. The number of rotatable bonds is 3. The molecule has 1 amide bonds. The number of hydrogen-bond acceptors (Lipinski definition) is 3. The summed E-state index contributed by atoms with van der Waals surface area (Å²) in [5.41, 5.74) is 0.129. The maximum absolute atomic E-state index is 11.6. The molecule has 0 aliphatic heterocycles. The first-order valence-electron chi connectivity index (χ1n) is 4.47. The van der Waals surface area contributed by atoms with Gasteiger partial charge < -0.3 is 9.84 Å². The van der Waals surface area contributed by atoms with Crippen LogP contribution in [0.5, 0.6) is 0 Å². The summed E-state index contributed by atoms with van der Waals surface area (Å²) in [4.78, 5) is 11.6. The lowest BCUT2D eigenvalue weighted by Gasteiger charge is -2.11. The molecule has 1 aliphatic carbocycles. The Balaban J connectivity index is 2.03. The number of carbonyl (C=O) groups excluding carboxylic acids is 1. The minimum Gasteiger partial charge on any atom is -0.361 e. The maximum Gasteiger partial charge on any atom is 0.273 e. The van der Waals surface area contributed by atoms with Crippen molar-refractivity contribution in [1.29, 1.82) is 0 Å². The van der Waals surface area contributed by atoms with E-state index in [-0.39, 0.29) is 11.4 Å². The molecular formula is C9H11ClN2O2. The van der Waals surface area contributed by atoms with Gasteiger partial charge in [0.2, 0.25) is 0 Å². The summed E-state index contributed by atoms with van der Waals surface area (Å²) in [6.07, 6.45) is 1.89. The molecule has 1 aromatic rings. The van der Waals surface area contributed by atoms with Crippen molar-refractivity contribution in [1.82, 2.24) is 10.5 Å². The molecule has 4 nitrogen and oxygen atoms in total. The van der Waals surface area contributed by atoms with E-state index >= 15 is 0 Å². The molecule has 0 atom stereocenters. The molecule has 1 aliphatic rings. The highest BCUT2D eigenvalue weighted by molar-refractivity contribution is 6.19. The molecule has 5 heteroatoms. The van der Waals surface area contributed by atoms with E-state index in [1.54, 1.807) is 13.0 Å². The molecule has 76 valence electrons. The zero-order chi connectivity index (χ0) is 10.2. The van der Waals surface area contributed by atoms with E-state index in [1.165, 1.54) is 0 Å². The number of amides is 1. The molecule has 1 fully saturated rings. The number of aromatic nitrogens is 1.